The molecule has 3 aromatic carbocycles. The smallest absolute Gasteiger partial charge is 0.306 e. The summed E-state index contributed by atoms with van der Waals surface area (Å²) in [6.07, 6.45) is 3.31. The van der Waals surface area contributed by atoms with Crippen LogP contribution in [-0.4, -0.2) is 27.3 Å². The van der Waals surface area contributed by atoms with Gasteiger partial charge < -0.3 is 14.9 Å². The molecule has 176 valence electrons. The summed E-state index contributed by atoms with van der Waals surface area (Å²) < 4.78 is 20.3. The first-order chi connectivity index (χ1) is 17.0. The maximum atomic E-state index is 14.8. The molecule has 7 heteroatoms. The van der Waals surface area contributed by atoms with E-state index in [2.05, 4.69) is 27.6 Å². The van der Waals surface area contributed by atoms with Gasteiger partial charge in [-0.3, -0.25) is 4.79 Å². The van der Waals surface area contributed by atoms with Crippen molar-refractivity contribution in [2.75, 3.05) is 0 Å². The highest BCUT2D eigenvalue weighted by atomic mass is 19.1. The Balaban J connectivity index is 1.18. The molecule has 2 N–H and O–H groups in total. The number of halogens is 1. The molecule has 1 aromatic heterocycles. The van der Waals surface area contributed by atoms with Gasteiger partial charge in [0.2, 0.25) is 5.82 Å². The summed E-state index contributed by atoms with van der Waals surface area (Å²) in [6, 6.07) is 21.0. The Morgan fingerprint density at radius 3 is 2.57 bits per heavy atom. The molecule has 0 spiro atoms. The number of benzene rings is 3. The molecule has 6 rings (SSSR count). The maximum absolute atomic E-state index is 14.8. The number of nitrogens with zero attached hydrogens (tertiary/aromatic N) is 2. The topological polar surface area (TPSA) is 88.2 Å². The molecule has 2 aliphatic carbocycles. The van der Waals surface area contributed by atoms with Gasteiger partial charge in [-0.15, -0.1) is 0 Å². The van der Waals surface area contributed by atoms with Gasteiger partial charge in [0.25, 0.3) is 5.89 Å². The fourth-order valence-corrected chi connectivity index (χ4v) is 5.13. The van der Waals surface area contributed by atoms with E-state index in [0.29, 0.717) is 29.8 Å². The predicted molar refractivity (Wildman–Crippen MR) is 129 cm³/mol. The zero-order chi connectivity index (χ0) is 23.9. The van der Waals surface area contributed by atoms with Crippen molar-refractivity contribution in [3.8, 4) is 34.0 Å². The molecule has 1 heterocycles. The quantitative estimate of drug-likeness (QED) is 0.379. The molecule has 6 nitrogen and oxygen atoms in total. The van der Waals surface area contributed by atoms with Gasteiger partial charge in [-0.25, -0.2) is 4.39 Å². The van der Waals surface area contributed by atoms with Gasteiger partial charge in [-0.1, -0.05) is 53.7 Å². The van der Waals surface area contributed by atoms with E-state index in [1.54, 1.807) is 12.1 Å². The number of aromatic nitrogens is 2. The molecule has 2 aliphatic rings. The fourth-order valence-electron chi connectivity index (χ4n) is 5.13. The van der Waals surface area contributed by atoms with Crippen LogP contribution >= 0.6 is 0 Å². The standard InChI is InChI=1S/C28H24FN3O3/c29-24-15-19(7-9-22(24)16-4-2-1-3-5-16)27-31-26(32-35-27)18-6-10-23-17(12-18)8-11-25(23)30-21-13-20(14-21)28(33)34/h1-7,9-10,12,15,20-21,25,30H,8,11,13-14H2,(H,33,34). The van der Waals surface area contributed by atoms with Gasteiger partial charge in [0.05, 0.1) is 5.92 Å². The largest absolute Gasteiger partial charge is 0.481 e. The van der Waals surface area contributed by atoms with E-state index >= 15 is 0 Å². The zero-order valence-electron chi connectivity index (χ0n) is 18.9. The molecule has 1 atom stereocenters. The third-order valence-corrected chi connectivity index (χ3v) is 7.13. The van der Waals surface area contributed by atoms with Crippen LogP contribution in [0.25, 0.3) is 34.0 Å². The number of carboxylic acid groups (broad SMARTS) is 1. The van der Waals surface area contributed by atoms with E-state index in [1.807, 2.05) is 36.4 Å². The van der Waals surface area contributed by atoms with Gasteiger partial charge in [-0.05, 0) is 60.6 Å². The average molecular weight is 470 g/mol. The van der Waals surface area contributed by atoms with E-state index in [-0.39, 0.29) is 29.7 Å². The van der Waals surface area contributed by atoms with E-state index < -0.39 is 5.97 Å². The van der Waals surface area contributed by atoms with Crippen LogP contribution in [0.3, 0.4) is 0 Å². The van der Waals surface area contributed by atoms with Crippen molar-refractivity contribution < 1.29 is 18.8 Å². The molecular weight excluding hydrogens is 445 g/mol. The number of carboxylic acids is 1. The number of hydrogen-bond donors (Lipinski definition) is 2. The van der Waals surface area contributed by atoms with E-state index in [9.17, 15) is 9.18 Å². The molecule has 4 aromatic rings. The molecule has 1 saturated carbocycles. The minimum Gasteiger partial charge on any atom is -0.481 e. The fraction of sp³-hybridized carbons (Fsp3) is 0.250. The normalized spacial score (nSPS) is 20.9. The summed E-state index contributed by atoms with van der Waals surface area (Å²) >= 11 is 0. The minimum atomic E-state index is -0.700. The lowest BCUT2D eigenvalue weighted by Crippen LogP contribution is -2.45. The Bertz CT molecular complexity index is 1400. The van der Waals surface area contributed by atoms with Gasteiger partial charge in [0.15, 0.2) is 0 Å². The van der Waals surface area contributed by atoms with Crippen molar-refractivity contribution >= 4 is 5.97 Å². The number of aliphatic carboxylic acids is 1. The lowest BCUT2D eigenvalue weighted by Gasteiger charge is -2.35. The predicted octanol–water partition coefficient (Wildman–Crippen LogP) is 5.65. The highest BCUT2D eigenvalue weighted by molar-refractivity contribution is 5.71. The lowest BCUT2D eigenvalue weighted by atomic mass is 9.80. The van der Waals surface area contributed by atoms with Gasteiger partial charge in [0.1, 0.15) is 5.82 Å². The van der Waals surface area contributed by atoms with Crippen LogP contribution in [-0.2, 0) is 11.2 Å². The Labute approximate surface area is 201 Å². The minimum absolute atomic E-state index is 0.216. The van der Waals surface area contributed by atoms with Crippen LogP contribution in [0.2, 0.25) is 0 Å². The van der Waals surface area contributed by atoms with E-state index in [4.69, 9.17) is 9.63 Å². The zero-order valence-corrected chi connectivity index (χ0v) is 18.9. The average Bonchev–Trinajstić information content (AvgIpc) is 3.48. The number of hydrogen-bond acceptors (Lipinski definition) is 5. The van der Waals surface area contributed by atoms with Crippen LogP contribution in [0.4, 0.5) is 4.39 Å². The molecule has 0 amide bonds. The molecule has 35 heavy (non-hydrogen) atoms. The maximum Gasteiger partial charge on any atom is 0.306 e. The van der Waals surface area contributed by atoms with Crippen LogP contribution in [0.15, 0.2) is 71.3 Å². The number of carbonyl (C=O) groups is 1. The Morgan fingerprint density at radius 2 is 1.80 bits per heavy atom. The summed E-state index contributed by atoms with van der Waals surface area (Å²) in [4.78, 5) is 15.6. The van der Waals surface area contributed by atoms with Crippen molar-refractivity contribution in [1.29, 1.82) is 0 Å². The molecule has 0 aliphatic heterocycles. The second-order valence-electron chi connectivity index (χ2n) is 9.36. The number of nitrogens with one attached hydrogen (secondary N) is 1. The van der Waals surface area contributed by atoms with Crippen molar-refractivity contribution in [2.24, 2.45) is 5.92 Å². The van der Waals surface area contributed by atoms with Crippen LogP contribution < -0.4 is 5.32 Å². The van der Waals surface area contributed by atoms with E-state index in [0.717, 1.165) is 24.0 Å². The van der Waals surface area contributed by atoms with Gasteiger partial charge in [-0.2, -0.15) is 4.98 Å². The third kappa shape index (κ3) is 4.12. The van der Waals surface area contributed by atoms with Gasteiger partial charge in [0, 0.05) is 28.8 Å². The van der Waals surface area contributed by atoms with Crippen LogP contribution in [0.1, 0.15) is 36.4 Å². The second kappa shape index (κ2) is 8.74. The Kier molecular flexibility index (Phi) is 5.41. The molecule has 0 radical (unpaired) electrons. The van der Waals surface area contributed by atoms with Crippen LogP contribution in [0, 0.1) is 11.7 Å². The Hall–Kier alpha value is -3.84. The molecular formula is C28H24FN3O3. The van der Waals surface area contributed by atoms with Crippen molar-refractivity contribution in [3.63, 3.8) is 0 Å². The SMILES string of the molecule is O=C(O)C1CC(NC2CCc3cc(-c4noc(-c5ccc(-c6ccccc6)c(F)c5)n4)ccc32)C1. The molecule has 0 saturated heterocycles. The lowest BCUT2D eigenvalue weighted by molar-refractivity contribution is -0.145. The highest BCUT2D eigenvalue weighted by Gasteiger charge is 2.36. The molecule has 1 unspecified atom stereocenters. The number of fused-ring (bicyclic) bond motifs is 1. The molecule has 1 fully saturated rings. The highest BCUT2D eigenvalue weighted by Crippen LogP contribution is 2.37. The first kappa shape index (κ1) is 21.7. The monoisotopic (exact) mass is 469 g/mol. The van der Waals surface area contributed by atoms with E-state index in [1.165, 1.54) is 17.2 Å². The first-order valence-corrected chi connectivity index (χ1v) is 11.9. The summed E-state index contributed by atoms with van der Waals surface area (Å²) in [5.41, 5.74) is 5.21. The van der Waals surface area contributed by atoms with Crippen molar-refractivity contribution in [2.45, 2.75) is 37.8 Å². The summed E-state index contributed by atoms with van der Waals surface area (Å²) in [5.74, 6) is -0.516. The van der Waals surface area contributed by atoms with Crippen LogP contribution in [0.5, 0.6) is 0 Å². The second-order valence-corrected chi connectivity index (χ2v) is 9.36. The Morgan fingerprint density at radius 1 is 1.00 bits per heavy atom. The summed E-state index contributed by atoms with van der Waals surface area (Å²) in [5, 5.41) is 16.8. The summed E-state index contributed by atoms with van der Waals surface area (Å²) in [7, 11) is 0. The van der Waals surface area contributed by atoms with Crippen molar-refractivity contribution in [3.05, 3.63) is 83.7 Å². The molecule has 0 bridgehead atoms. The van der Waals surface area contributed by atoms with Crippen molar-refractivity contribution in [1.82, 2.24) is 15.5 Å². The number of aryl methyl sites for hydroxylation is 1. The number of rotatable bonds is 6. The third-order valence-electron chi connectivity index (χ3n) is 7.13. The summed E-state index contributed by atoms with van der Waals surface area (Å²) in [6.45, 7) is 0. The first-order valence-electron chi connectivity index (χ1n) is 11.9. The van der Waals surface area contributed by atoms with Gasteiger partial charge >= 0.3 is 5.97 Å².